The monoisotopic (exact) mass is 653 g/mol. The fraction of sp³-hybridized carbons (Fsp3) is 0.500. The molecule has 0 spiro atoms. The van der Waals surface area contributed by atoms with E-state index >= 15 is 4.39 Å². The summed E-state index contributed by atoms with van der Waals surface area (Å²) in [5, 5.41) is 11.8. The molecule has 2 saturated carbocycles. The maximum atomic E-state index is 16.9. The minimum atomic E-state index is -0.716. The first-order valence-electron chi connectivity index (χ1n) is 17.4. The number of anilines is 1. The van der Waals surface area contributed by atoms with Gasteiger partial charge < -0.3 is 19.5 Å². The number of fused-ring (bicyclic) bond motifs is 3. The van der Waals surface area contributed by atoms with Crippen molar-refractivity contribution in [1.82, 2.24) is 19.9 Å². The molecule has 48 heavy (non-hydrogen) atoms. The molecule has 1 N–H and O–H groups in total. The average Bonchev–Trinajstić information content (AvgIpc) is 3.88. The Morgan fingerprint density at radius 2 is 1.92 bits per heavy atom. The van der Waals surface area contributed by atoms with Gasteiger partial charge in [-0.2, -0.15) is 9.97 Å². The molecule has 4 heterocycles. The molecule has 0 amide bonds. The normalized spacial score (nSPS) is 23.3. The summed E-state index contributed by atoms with van der Waals surface area (Å²) < 4.78 is 44.0. The van der Waals surface area contributed by atoms with Crippen molar-refractivity contribution < 1.29 is 23.4 Å². The fourth-order valence-electron chi connectivity index (χ4n) is 8.47. The lowest BCUT2D eigenvalue weighted by molar-refractivity contribution is -0.00133. The van der Waals surface area contributed by atoms with Gasteiger partial charge in [0.2, 0.25) is 0 Å². The van der Waals surface area contributed by atoms with Crippen LogP contribution in [0.2, 0.25) is 0 Å². The molecule has 0 unspecified atom stereocenters. The van der Waals surface area contributed by atoms with E-state index in [4.69, 9.17) is 20.9 Å². The van der Waals surface area contributed by atoms with Gasteiger partial charge in [0, 0.05) is 48.3 Å². The van der Waals surface area contributed by atoms with Crippen LogP contribution in [0.3, 0.4) is 0 Å². The number of pyridine rings is 1. The summed E-state index contributed by atoms with van der Waals surface area (Å²) in [5.74, 6) is 2.41. The lowest BCUT2D eigenvalue weighted by Crippen LogP contribution is -2.52. The zero-order valence-corrected chi connectivity index (χ0v) is 27.2. The lowest BCUT2D eigenvalue weighted by atomic mass is 9.75. The Bertz CT molecular complexity index is 1900. The molecule has 4 fully saturated rings. The number of halogens is 2. The number of rotatable bonds is 8. The fourth-order valence-corrected chi connectivity index (χ4v) is 8.47. The van der Waals surface area contributed by atoms with Crippen LogP contribution in [-0.2, 0) is 4.74 Å². The van der Waals surface area contributed by atoms with E-state index in [1.54, 1.807) is 6.20 Å². The summed E-state index contributed by atoms with van der Waals surface area (Å²) in [5.41, 5.74) is 0.145. The second-order valence-electron chi connectivity index (χ2n) is 14.1. The molecule has 8 rings (SSSR count). The molecule has 2 aromatic carbocycles. The van der Waals surface area contributed by atoms with Crippen molar-refractivity contribution >= 4 is 27.5 Å². The number of hydrogen-bond donors (Lipinski definition) is 1. The third-order valence-corrected chi connectivity index (χ3v) is 11.0. The number of phenolic OH excluding ortho intramolecular Hbond substituents is 1. The van der Waals surface area contributed by atoms with Crippen molar-refractivity contribution in [3.05, 3.63) is 47.7 Å². The van der Waals surface area contributed by atoms with Crippen molar-refractivity contribution in [1.29, 1.82) is 0 Å². The quantitative estimate of drug-likeness (QED) is 0.207. The summed E-state index contributed by atoms with van der Waals surface area (Å²) in [6.07, 6.45) is 17.8. The topological polar surface area (TPSA) is 83.8 Å². The Morgan fingerprint density at radius 3 is 2.77 bits per heavy atom. The van der Waals surface area contributed by atoms with Gasteiger partial charge in [-0.05, 0) is 81.1 Å². The molecule has 2 aromatic heterocycles. The highest BCUT2D eigenvalue weighted by atomic mass is 19.1. The Hall–Kier alpha value is -4.07. The van der Waals surface area contributed by atoms with Crippen LogP contribution in [0.5, 0.6) is 11.8 Å². The minimum Gasteiger partial charge on any atom is -0.508 e. The third-order valence-electron chi connectivity index (χ3n) is 11.0. The lowest BCUT2D eigenvalue weighted by Gasteiger charge is -2.46. The van der Waals surface area contributed by atoms with E-state index in [9.17, 15) is 9.50 Å². The van der Waals surface area contributed by atoms with Gasteiger partial charge in [-0.15, -0.1) is 6.42 Å². The van der Waals surface area contributed by atoms with Crippen molar-refractivity contribution in [3.63, 3.8) is 0 Å². The predicted molar refractivity (Wildman–Crippen MR) is 181 cm³/mol. The van der Waals surface area contributed by atoms with Crippen molar-refractivity contribution in [2.45, 2.75) is 63.8 Å². The van der Waals surface area contributed by atoms with Crippen molar-refractivity contribution in [2.24, 2.45) is 11.3 Å². The first-order chi connectivity index (χ1) is 23.4. The average molecular weight is 654 g/mol. The van der Waals surface area contributed by atoms with Gasteiger partial charge in [-0.25, -0.2) is 8.78 Å². The Kier molecular flexibility index (Phi) is 8.29. The number of piperidine rings is 1. The summed E-state index contributed by atoms with van der Waals surface area (Å²) in [6, 6.07) is 6.19. The molecule has 2 aliphatic heterocycles. The number of nitrogens with zero attached hydrogens (tertiary/aromatic N) is 5. The Balaban J connectivity index is 1.20. The number of hydrogen-bond acceptors (Lipinski definition) is 8. The van der Waals surface area contributed by atoms with E-state index in [-0.39, 0.29) is 39.5 Å². The van der Waals surface area contributed by atoms with Gasteiger partial charge in [-0.3, -0.25) is 9.88 Å². The highest BCUT2D eigenvalue weighted by Crippen LogP contribution is 2.49. The zero-order chi connectivity index (χ0) is 32.8. The molecule has 4 aliphatic rings. The van der Waals surface area contributed by atoms with Gasteiger partial charge in [-0.1, -0.05) is 31.2 Å². The molecule has 2 saturated heterocycles. The SMILES string of the molecule is C#Cc1c(F)ccc2cc(O)cc(-c3ncc4c(N5CCCOCC5)nc(OC[C@]56CCC[C@H]5N(CCC5CC5)CCC6)nc4c3F)c12. The van der Waals surface area contributed by atoms with Crippen LogP contribution >= 0.6 is 0 Å². The molecular weight excluding hydrogens is 612 g/mol. The molecular formula is C38H41F2N5O3. The predicted octanol–water partition coefficient (Wildman–Crippen LogP) is 6.85. The standard InChI is InChI=1S/C38H41F2N5O3/c1-2-27-30(39)10-9-25-20-26(46)21-28(32(25)27)34-33(40)35-29(22-41-34)36(45-15-5-18-47-19-17-45)43-37(42-35)48-23-38-12-3-6-31(38)44(14-4-13-38)16-11-24-7-8-24/h1,9-10,20-22,24,31,46H,3-8,11-19,23H2/t31-,38-/m1/s1. The van der Waals surface area contributed by atoms with Gasteiger partial charge in [0.05, 0.1) is 24.2 Å². The molecule has 2 atom stereocenters. The second-order valence-corrected chi connectivity index (χ2v) is 14.1. The van der Waals surface area contributed by atoms with E-state index in [1.807, 2.05) is 0 Å². The van der Waals surface area contributed by atoms with Crippen LogP contribution in [0.25, 0.3) is 32.9 Å². The first-order valence-corrected chi connectivity index (χ1v) is 17.4. The largest absolute Gasteiger partial charge is 0.508 e. The summed E-state index contributed by atoms with van der Waals surface area (Å²) >= 11 is 0. The molecule has 250 valence electrons. The number of aromatic nitrogens is 3. The van der Waals surface area contributed by atoms with Crippen LogP contribution in [0.15, 0.2) is 30.5 Å². The van der Waals surface area contributed by atoms with Crippen LogP contribution < -0.4 is 9.64 Å². The Morgan fingerprint density at radius 1 is 1.04 bits per heavy atom. The highest BCUT2D eigenvalue weighted by molar-refractivity contribution is 6.03. The Labute approximate surface area is 279 Å². The summed E-state index contributed by atoms with van der Waals surface area (Å²) in [7, 11) is 0. The maximum Gasteiger partial charge on any atom is 0.319 e. The summed E-state index contributed by atoms with van der Waals surface area (Å²) in [4.78, 5) is 18.9. The first kappa shape index (κ1) is 31.2. The van der Waals surface area contributed by atoms with E-state index in [0.717, 1.165) is 44.7 Å². The smallest absolute Gasteiger partial charge is 0.319 e. The number of phenols is 1. The molecule has 0 radical (unpaired) electrons. The highest BCUT2D eigenvalue weighted by Gasteiger charge is 2.48. The van der Waals surface area contributed by atoms with E-state index < -0.39 is 11.6 Å². The molecule has 4 aromatic rings. The molecule has 10 heteroatoms. The zero-order valence-electron chi connectivity index (χ0n) is 27.2. The number of aromatic hydroxyl groups is 1. The number of likely N-dealkylation sites (tertiary alicyclic amines) is 1. The van der Waals surface area contributed by atoms with Gasteiger partial charge in [0.1, 0.15) is 28.6 Å². The summed E-state index contributed by atoms with van der Waals surface area (Å²) in [6.45, 7) is 5.20. The number of ether oxygens (including phenoxy) is 2. The van der Waals surface area contributed by atoms with Crippen molar-refractivity contribution in [3.8, 4) is 35.4 Å². The van der Waals surface area contributed by atoms with Gasteiger partial charge in [0.25, 0.3) is 0 Å². The van der Waals surface area contributed by atoms with Crippen molar-refractivity contribution in [2.75, 3.05) is 50.9 Å². The molecule has 0 bridgehead atoms. The van der Waals surface area contributed by atoms with Crippen LogP contribution in [0, 0.1) is 35.3 Å². The molecule has 2 aliphatic carbocycles. The maximum absolute atomic E-state index is 16.9. The second kappa shape index (κ2) is 12.8. The molecule has 8 nitrogen and oxygen atoms in total. The minimum absolute atomic E-state index is 0.0227. The van der Waals surface area contributed by atoms with Crippen LogP contribution in [-0.4, -0.2) is 77.0 Å². The number of terminal acetylenes is 1. The van der Waals surface area contributed by atoms with Crippen LogP contribution in [0.4, 0.5) is 14.6 Å². The van der Waals surface area contributed by atoms with E-state index in [2.05, 4.69) is 25.7 Å². The van der Waals surface area contributed by atoms with E-state index in [1.165, 1.54) is 56.4 Å². The van der Waals surface area contributed by atoms with Gasteiger partial charge >= 0.3 is 6.01 Å². The third kappa shape index (κ3) is 5.71. The van der Waals surface area contributed by atoms with Gasteiger partial charge in [0.15, 0.2) is 5.82 Å². The number of benzene rings is 2. The van der Waals surface area contributed by atoms with Crippen LogP contribution in [0.1, 0.15) is 63.4 Å². The van der Waals surface area contributed by atoms with E-state index in [0.29, 0.717) is 60.9 Å².